The molecule has 0 aliphatic heterocycles. The first-order valence-electron chi connectivity index (χ1n) is 6.64. The van der Waals surface area contributed by atoms with Crippen LogP contribution in [0.1, 0.15) is 45.2 Å². The molecule has 0 bridgehead atoms. The zero-order valence-corrected chi connectivity index (χ0v) is 11.8. The molecule has 4 nitrogen and oxygen atoms in total. The molecule has 0 aromatic heterocycles. The Bertz CT molecular complexity index is 417. The highest BCUT2D eigenvalue weighted by Gasteiger charge is 2.17. The summed E-state index contributed by atoms with van der Waals surface area (Å²) in [5.41, 5.74) is 0.942. The van der Waals surface area contributed by atoms with Gasteiger partial charge < -0.3 is 10.6 Å². The fourth-order valence-corrected chi connectivity index (χ4v) is 1.80. The number of rotatable bonds is 6. The molecule has 1 aromatic rings. The Morgan fingerprint density at radius 2 is 1.79 bits per heavy atom. The van der Waals surface area contributed by atoms with Crippen molar-refractivity contribution in [2.45, 2.75) is 45.7 Å². The lowest BCUT2D eigenvalue weighted by atomic mass is 10.0. The van der Waals surface area contributed by atoms with Gasteiger partial charge in [-0.15, -0.1) is 0 Å². The fourth-order valence-electron chi connectivity index (χ4n) is 1.80. The Balaban J connectivity index is 2.70. The predicted molar refractivity (Wildman–Crippen MR) is 75.5 cm³/mol. The second kappa shape index (κ2) is 7.56. The summed E-state index contributed by atoms with van der Waals surface area (Å²) in [5.74, 6) is -0.179. The second-order valence-electron chi connectivity index (χ2n) is 4.74. The molecule has 2 N–H and O–H groups in total. The smallest absolute Gasteiger partial charge is 0.222 e. The van der Waals surface area contributed by atoms with Crippen molar-refractivity contribution in [3.8, 4) is 0 Å². The highest BCUT2D eigenvalue weighted by Crippen LogP contribution is 2.16. The fraction of sp³-hybridized carbons (Fsp3) is 0.467. The van der Waals surface area contributed by atoms with E-state index in [1.807, 2.05) is 44.2 Å². The predicted octanol–water partition coefficient (Wildman–Crippen LogP) is 2.17. The molecule has 1 rings (SSSR count). The number of hydrogen-bond acceptors (Lipinski definition) is 2. The number of nitrogens with one attached hydrogen (secondary N) is 2. The van der Waals surface area contributed by atoms with Crippen LogP contribution in [0.25, 0.3) is 0 Å². The van der Waals surface area contributed by atoms with E-state index < -0.39 is 0 Å². The van der Waals surface area contributed by atoms with Crippen molar-refractivity contribution in [3.05, 3.63) is 35.9 Å². The first kappa shape index (κ1) is 15.2. The quantitative estimate of drug-likeness (QED) is 0.825. The molecule has 4 heteroatoms. The average molecular weight is 262 g/mol. The van der Waals surface area contributed by atoms with Gasteiger partial charge >= 0.3 is 0 Å². The van der Waals surface area contributed by atoms with Crippen molar-refractivity contribution in [2.75, 3.05) is 0 Å². The van der Waals surface area contributed by atoms with Gasteiger partial charge in [-0.2, -0.15) is 0 Å². The van der Waals surface area contributed by atoms with Crippen LogP contribution in [0.15, 0.2) is 30.3 Å². The molecule has 0 radical (unpaired) electrons. The minimum atomic E-state index is -0.275. The molecular weight excluding hydrogens is 240 g/mol. The van der Waals surface area contributed by atoms with E-state index in [1.165, 1.54) is 6.92 Å². The minimum Gasteiger partial charge on any atom is -0.354 e. The zero-order chi connectivity index (χ0) is 14.3. The molecule has 0 fully saturated rings. The molecular formula is C15H22N2O2. The van der Waals surface area contributed by atoms with Gasteiger partial charge in [0.05, 0.1) is 12.5 Å². The Hall–Kier alpha value is -1.84. The van der Waals surface area contributed by atoms with Crippen LogP contribution in [0.3, 0.4) is 0 Å². The van der Waals surface area contributed by atoms with E-state index in [4.69, 9.17) is 0 Å². The average Bonchev–Trinajstić information content (AvgIpc) is 2.38. The molecule has 0 saturated heterocycles. The third-order valence-corrected chi connectivity index (χ3v) is 2.99. The Morgan fingerprint density at radius 3 is 2.32 bits per heavy atom. The number of carbonyl (C=O) groups is 2. The van der Waals surface area contributed by atoms with Crippen molar-refractivity contribution < 1.29 is 9.59 Å². The standard InChI is InChI=1S/C15H22N2O2/c1-4-11(2)16-15(19)10-14(17-12(3)18)13-8-6-5-7-9-13/h5-9,11,14H,4,10H2,1-3H3,(H,16,19)(H,17,18)/t11-,14-/m0/s1. The second-order valence-corrected chi connectivity index (χ2v) is 4.74. The lowest BCUT2D eigenvalue weighted by Crippen LogP contribution is -2.36. The van der Waals surface area contributed by atoms with Crippen molar-refractivity contribution in [3.63, 3.8) is 0 Å². The first-order valence-corrected chi connectivity index (χ1v) is 6.64. The van der Waals surface area contributed by atoms with Crippen molar-refractivity contribution in [2.24, 2.45) is 0 Å². The molecule has 0 unspecified atom stereocenters. The monoisotopic (exact) mass is 262 g/mol. The summed E-state index contributed by atoms with van der Waals surface area (Å²) in [6.07, 6.45) is 1.15. The molecule has 0 spiro atoms. The van der Waals surface area contributed by atoms with Crippen LogP contribution in [-0.2, 0) is 9.59 Å². The molecule has 0 aliphatic carbocycles. The lowest BCUT2D eigenvalue weighted by molar-refractivity contribution is -0.123. The van der Waals surface area contributed by atoms with Gasteiger partial charge in [-0.05, 0) is 18.9 Å². The van der Waals surface area contributed by atoms with E-state index in [1.54, 1.807) is 0 Å². The largest absolute Gasteiger partial charge is 0.354 e. The van der Waals surface area contributed by atoms with E-state index in [0.717, 1.165) is 12.0 Å². The third kappa shape index (κ3) is 5.55. The van der Waals surface area contributed by atoms with Crippen LogP contribution in [0, 0.1) is 0 Å². The van der Waals surface area contributed by atoms with Crippen LogP contribution in [0.4, 0.5) is 0 Å². The highest BCUT2D eigenvalue weighted by molar-refractivity contribution is 5.79. The summed E-state index contributed by atoms with van der Waals surface area (Å²) in [5, 5.41) is 5.73. The SMILES string of the molecule is CC[C@H](C)NC(=O)C[C@H](NC(C)=O)c1ccccc1. The van der Waals surface area contributed by atoms with Gasteiger partial charge in [0.2, 0.25) is 11.8 Å². The molecule has 0 heterocycles. The highest BCUT2D eigenvalue weighted by atomic mass is 16.2. The topological polar surface area (TPSA) is 58.2 Å². The van der Waals surface area contributed by atoms with Gasteiger partial charge in [-0.1, -0.05) is 37.3 Å². The normalized spacial score (nSPS) is 13.4. The Kier molecular flexibility index (Phi) is 6.06. The van der Waals surface area contributed by atoms with Crippen LogP contribution < -0.4 is 10.6 Å². The Labute approximate surface area is 114 Å². The summed E-state index contributed by atoms with van der Waals surface area (Å²) < 4.78 is 0. The van der Waals surface area contributed by atoms with Gasteiger partial charge in [0.15, 0.2) is 0 Å². The van der Waals surface area contributed by atoms with E-state index in [9.17, 15) is 9.59 Å². The van der Waals surface area contributed by atoms with Crippen molar-refractivity contribution in [1.29, 1.82) is 0 Å². The Morgan fingerprint density at radius 1 is 1.16 bits per heavy atom. The lowest BCUT2D eigenvalue weighted by Gasteiger charge is -2.19. The van der Waals surface area contributed by atoms with E-state index in [2.05, 4.69) is 10.6 Å². The first-order chi connectivity index (χ1) is 9.02. The number of hydrogen-bond donors (Lipinski definition) is 2. The van der Waals surface area contributed by atoms with Gasteiger partial charge in [0, 0.05) is 13.0 Å². The molecule has 0 aliphatic rings. The summed E-state index contributed by atoms with van der Waals surface area (Å²) in [6.45, 7) is 5.45. The molecule has 19 heavy (non-hydrogen) atoms. The van der Waals surface area contributed by atoms with Crippen molar-refractivity contribution in [1.82, 2.24) is 10.6 Å². The van der Waals surface area contributed by atoms with Crippen molar-refractivity contribution >= 4 is 11.8 Å². The maximum absolute atomic E-state index is 11.9. The van der Waals surface area contributed by atoms with Gasteiger partial charge in [0.25, 0.3) is 0 Å². The van der Waals surface area contributed by atoms with E-state index >= 15 is 0 Å². The van der Waals surface area contributed by atoms with Gasteiger partial charge in [0.1, 0.15) is 0 Å². The maximum atomic E-state index is 11.9. The molecule has 2 amide bonds. The van der Waals surface area contributed by atoms with Crippen LogP contribution in [-0.4, -0.2) is 17.9 Å². The van der Waals surface area contributed by atoms with Gasteiger partial charge in [-0.3, -0.25) is 9.59 Å². The molecule has 2 atom stereocenters. The number of benzene rings is 1. The summed E-state index contributed by atoms with van der Waals surface area (Å²) in [6, 6.07) is 9.42. The van der Waals surface area contributed by atoms with Crippen LogP contribution in [0.2, 0.25) is 0 Å². The molecule has 0 saturated carbocycles. The van der Waals surface area contributed by atoms with Gasteiger partial charge in [-0.25, -0.2) is 0 Å². The molecule has 1 aromatic carbocycles. The van der Waals surface area contributed by atoms with Crippen LogP contribution >= 0.6 is 0 Å². The van der Waals surface area contributed by atoms with E-state index in [0.29, 0.717) is 0 Å². The summed E-state index contributed by atoms with van der Waals surface area (Å²) >= 11 is 0. The minimum absolute atomic E-state index is 0.0445. The maximum Gasteiger partial charge on any atom is 0.222 e. The van der Waals surface area contributed by atoms with Crippen LogP contribution in [0.5, 0.6) is 0 Å². The van der Waals surface area contributed by atoms with E-state index in [-0.39, 0.29) is 30.3 Å². The third-order valence-electron chi connectivity index (χ3n) is 2.99. The number of amides is 2. The number of carbonyl (C=O) groups excluding carboxylic acids is 2. The zero-order valence-electron chi connectivity index (χ0n) is 11.8. The molecule has 104 valence electrons. The summed E-state index contributed by atoms with van der Waals surface area (Å²) in [7, 11) is 0. The summed E-state index contributed by atoms with van der Waals surface area (Å²) in [4.78, 5) is 23.2.